The molecule has 1 N–H and O–H groups in total. The van der Waals surface area contributed by atoms with Crippen molar-refractivity contribution in [1.29, 1.82) is 0 Å². The van der Waals surface area contributed by atoms with E-state index < -0.39 is 5.79 Å². The first-order chi connectivity index (χ1) is 11.8. The molecule has 1 aromatic rings. The maximum absolute atomic E-state index is 8.75. The number of aliphatic hydroxyl groups excluding tert-OH is 1. The smallest absolute Gasteiger partial charge is 0.194 e. The molecule has 0 bridgehead atoms. The van der Waals surface area contributed by atoms with Crippen LogP contribution in [0.4, 0.5) is 0 Å². The molecule has 1 saturated heterocycles. The first-order valence-corrected chi connectivity index (χ1v) is 9.73. The van der Waals surface area contributed by atoms with Gasteiger partial charge >= 0.3 is 0 Å². The zero-order valence-corrected chi connectivity index (χ0v) is 15.3. The molecule has 2 rings (SSSR count). The van der Waals surface area contributed by atoms with Gasteiger partial charge in [-0.15, -0.1) is 0 Å². The molecule has 0 spiro atoms. The molecule has 1 fully saturated rings. The molecule has 0 amide bonds. The van der Waals surface area contributed by atoms with Gasteiger partial charge in [0.05, 0.1) is 13.2 Å². The van der Waals surface area contributed by atoms with Crippen LogP contribution in [-0.4, -0.2) is 24.9 Å². The van der Waals surface area contributed by atoms with E-state index in [1.54, 1.807) is 0 Å². The van der Waals surface area contributed by atoms with Crippen molar-refractivity contribution in [3.63, 3.8) is 0 Å². The van der Waals surface area contributed by atoms with Crippen molar-refractivity contribution in [2.75, 3.05) is 19.8 Å². The van der Waals surface area contributed by atoms with Gasteiger partial charge in [-0.25, -0.2) is 0 Å². The Morgan fingerprint density at radius 2 is 1.29 bits per heavy atom. The Morgan fingerprint density at radius 1 is 0.792 bits per heavy atom. The van der Waals surface area contributed by atoms with E-state index >= 15 is 0 Å². The Morgan fingerprint density at radius 3 is 1.83 bits per heavy atom. The third kappa shape index (κ3) is 6.19. The second kappa shape index (κ2) is 10.9. The topological polar surface area (TPSA) is 38.7 Å². The van der Waals surface area contributed by atoms with E-state index in [-0.39, 0.29) is 0 Å². The van der Waals surface area contributed by atoms with Gasteiger partial charge in [-0.3, -0.25) is 0 Å². The van der Waals surface area contributed by atoms with Gasteiger partial charge in [-0.2, -0.15) is 0 Å². The van der Waals surface area contributed by atoms with Gasteiger partial charge in [0, 0.05) is 18.6 Å². The van der Waals surface area contributed by atoms with Crippen LogP contribution in [0.15, 0.2) is 24.3 Å². The first-order valence-electron chi connectivity index (χ1n) is 9.73. The number of aliphatic hydroxyl groups is 1. The highest BCUT2D eigenvalue weighted by molar-refractivity contribution is 5.25. The Bertz CT molecular complexity index is 435. The number of ether oxygens (including phenoxy) is 2. The minimum atomic E-state index is -0.502. The summed E-state index contributed by atoms with van der Waals surface area (Å²) in [5.41, 5.74) is 2.43. The summed E-state index contributed by atoms with van der Waals surface area (Å²) in [5.74, 6) is -0.502. The van der Waals surface area contributed by atoms with E-state index in [0.717, 1.165) is 24.8 Å². The zero-order valence-electron chi connectivity index (χ0n) is 15.3. The Labute approximate surface area is 147 Å². The van der Waals surface area contributed by atoms with Crippen LogP contribution in [0.2, 0.25) is 0 Å². The first kappa shape index (κ1) is 19.4. The van der Waals surface area contributed by atoms with Gasteiger partial charge in [0.15, 0.2) is 5.79 Å². The number of benzene rings is 1. The third-order valence-electron chi connectivity index (χ3n) is 4.91. The van der Waals surface area contributed by atoms with E-state index in [2.05, 4.69) is 31.2 Å². The van der Waals surface area contributed by atoms with Gasteiger partial charge < -0.3 is 14.6 Å². The summed E-state index contributed by atoms with van der Waals surface area (Å²) < 4.78 is 12.0. The standard InChI is InChI=1S/C21H34O3/c1-19-11-13-20(14-12-19)21(23-17-18-24-21)15-9-7-5-3-2-4-6-8-10-16-22/h11-14,22H,2-10,15-18H2,1H3. The molecule has 136 valence electrons. The van der Waals surface area contributed by atoms with Gasteiger partial charge in [0.2, 0.25) is 0 Å². The minimum Gasteiger partial charge on any atom is -0.396 e. The summed E-state index contributed by atoms with van der Waals surface area (Å²) in [6.45, 7) is 3.84. The summed E-state index contributed by atoms with van der Waals surface area (Å²) >= 11 is 0. The number of rotatable bonds is 12. The van der Waals surface area contributed by atoms with Crippen molar-refractivity contribution in [3.8, 4) is 0 Å². The maximum atomic E-state index is 8.75. The van der Waals surface area contributed by atoms with Crippen molar-refractivity contribution < 1.29 is 14.6 Å². The van der Waals surface area contributed by atoms with Crippen molar-refractivity contribution in [3.05, 3.63) is 35.4 Å². The predicted molar refractivity (Wildman–Crippen MR) is 98.0 cm³/mol. The summed E-state index contributed by atoms with van der Waals surface area (Å²) in [7, 11) is 0. The lowest BCUT2D eigenvalue weighted by atomic mass is 9.97. The Kier molecular flexibility index (Phi) is 8.79. The minimum absolute atomic E-state index is 0.340. The number of aryl methyl sites for hydroxylation is 1. The van der Waals surface area contributed by atoms with Gasteiger partial charge in [-0.05, 0) is 19.8 Å². The molecule has 3 heteroatoms. The molecule has 1 heterocycles. The molecule has 0 aliphatic carbocycles. The van der Waals surface area contributed by atoms with Gasteiger partial charge in [0.25, 0.3) is 0 Å². The van der Waals surface area contributed by atoms with E-state index in [9.17, 15) is 0 Å². The number of unbranched alkanes of at least 4 members (excludes halogenated alkanes) is 8. The largest absolute Gasteiger partial charge is 0.396 e. The molecule has 0 unspecified atom stereocenters. The van der Waals surface area contributed by atoms with Crippen molar-refractivity contribution >= 4 is 0 Å². The van der Waals surface area contributed by atoms with Crippen molar-refractivity contribution in [2.24, 2.45) is 0 Å². The van der Waals surface area contributed by atoms with Crippen LogP contribution in [-0.2, 0) is 15.3 Å². The molecule has 1 aliphatic rings. The van der Waals surface area contributed by atoms with Crippen LogP contribution >= 0.6 is 0 Å². The highest BCUT2D eigenvalue weighted by Gasteiger charge is 2.37. The molecule has 0 atom stereocenters. The Hall–Kier alpha value is -0.900. The van der Waals surface area contributed by atoms with Gasteiger partial charge in [-0.1, -0.05) is 74.8 Å². The average molecular weight is 335 g/mol. The summed E-state index contributed by atoms with van der Waals surface area (Å²) in [6, 6.07) is 8.57. The molecule has 0 aromatic heterocycles. The lowest BCUT2D eigenvalue weighted by Crippen LogP contribution is -2.27. The summed E-state index contributed by atoms with van der Waals surface area (Å²) in [4.78, 5) is 0. The van der Waals surface area contributed by atoms with E-state index in [4.69, 9.17) is 14.6 Å². The highest BCUT2D eigenvalue weighted by atomic mass is 16.7. The summed E-state index contributed by atoms with van der Waals surface area (Å²) in [6.07, 6.45) is 12.0. The van der Waals surface area contributed by atoms with Crippen molar-refractivity contribution in [2.45, 2.75) is 76.9 Å². The molecule has 24 heavy (non-hydrogen) atoms. The zero-order chi connectivity index (χ0) is 17.1. The molecule has 3 nitrogen and oxygen atoms in total. The van der Waals surface area contributed by atoms with Crippen LogP contribution < -0.4 is 0 Å². The van der Waals surface area contributed by atoms with E-state index in [1.807, 2.05) is 0 Å². The highest BCUT2D eigenvalue weighted by Crippen LogP contribution is 2.36. The fraction of sp³-hybridized carbons (Fsp3) is 0.714. The maximum Gasteiger partial charge on any atom is 0.194 e. The lowest BCUT2D eigenvalue weighted by Gasteiger charge is -2.28. The molecule has 1 aromatic carbocycles. The average Bonchev–Trinajstić information content (AvgIpc) is 3.07. The van der Waals surface area contributed by atoms with E-state index in [0.29, 0.717) is 19.8 Å². The molecular weight excluding hydrogens is 300 g/mol. The summed E-state index contributed by atoms with van der Waals surface area (Å²) in [5, 5.41) is 8.75. The second-order valence-electron chi connectivity index (χ2n) is 6.97. The second-order valence-corrected chi connectivity index (χ2v) is 6.97. The third-order valence-corrected chi connectivity index (χ3v) is 4.91. The van der Waals surface area contributed by atoms with Crippen LogP contribution in [0.1, 0.15) is 75.3 Å². The monoisotopic (exact) mass is 334 g/mol. The van der Waals surface area contributed by atoms with Crippen LogP contribution in [0.3, 0.4) is 0 Å². The lowest BCUT2D eigenvalue weighted by molar-refractivity contribution is -0.171. The molecule has 0 saturated carbocycles. The quantitative estimate of drug-likeness (QED) is 0.541. The predicted octanol–water partition coefficient (Wildman–Crippen LogP) is 5.09. The fourth-order valence-electron chi connectivity index (χ4n) is 3.42. The number of hydrogen-bond acceptors (Lipinski definition) is 3. The van der Waals surface area contributed by atoms with Crippen molar-refractivity contribution in [1.82, 2.24) is 0 Å². The SMILES string of the molecule is Cc1ccc(C2(CCCCCCCCCCCO)OCCO2)cc1. The molecular formula is C21H34O3. The van der Waals surface area contributed by atoms with Crippen LogP contribution in [0.25, 0.3) is 0 Å². The van der Waals surface area contributed by atoms with Crippen LogP contribution in [0.5, 0.6) is 0 Å². The van der Waals surface area contributed by atoms with Gasteiger partial charge in [0.1, 0.15) is 0 Å². The van der Waals surface area contributed by atoms with E-state index in [1.165, 1.54) is 50.5 Å². The fourth-order valence-corrected chi connectivity index (χ4v) is 3.42. The van der Waals surface area contributed by atoms with Crippen LogP contribution in [0, 0.1) is 6.92 Å². The Balaban J connectivity index is 1.63. The molecule has 1 aliphatic heterocycles. The number of hydrogen-bond donors (Lipinski definition) is 1. The molecule has 0 radical (unpaired) electrons. The normalized spacial score (nSPS) is 16.6.